The molecule has 0 aromatic carbocycles. The molecule has 13 heavy (non-hydrogen) atoms. The SMILES string of the molecule is C#CCCCCC(=O)OC(C)C#C. The summed E-state index contributed by atoms with van der Waals surface area (Å²) in [5.41, 5.74) is 0. The van der Waals surface area contributed by atoms with Crippen LogP contribution < -0.4 is 0 Å². The summed E-state index contributed by atoms with van der Waals surface area (Å²) < 4.78 is 4.85. The molecule has 1 atom stereocenters. The van der Waals surface area contributed by atoms with Crippen LogP contribution in [-0.4, -0.2) is 12.1 Å². The van der Waals surface area contributed by atoms with Gasteiger partial charge >= 0.3 is 5.97 Å². The van der Waals surface area contributed by atoms with Gasteiger partial charge in [-0.05, 0) is 19.8 Å². The average molecular weight is 178 g/mol. The molecule has 2 heteroatoms. The second-order valence-corrected chi connectivity index (χ2v) is 2.71. The number of ether oxygens (including phenoxy) is 1. The van der Waals surface area contributed by atoms with E-state index in [9.17, 15) is 4.79 Å². The third kappa shape index (κ3) is 6.97. The number of rotatable bonds is 5. The highest BCUT2D eigenvalue weighted by Gasteiger charge is 2.05. The zero-order chi connectivity index (χ0) is 10.1. The van der Waals surface area contributed by atoms with Gasteiger partial charge in [0, 0.05) is 12.8 Å². The van der Waals surface area contributed by atoms with Gasteiger partial charge in [0.1, 0.15) is 0 Å². The van der Waals surface area contributed by atoms with E-state index in [2.05, 4.69) is 11.8 Å². The van der Waals surface area contributed by atoms with Crippen LogP contribution >= 0.6 is 0 Å². The van der Waals surface area contributed by atoms with E-state index in [1.165, 1.54) is 0 Å². The van der Waals surface area contributed by atoms with Crippen molar-refractivity contribution in [3.05, 3.63) is 0 Å². The van der Waals surface area contributed by atoms with E-state index in [0.29, 0.717) is 12.8 Å². The molecule has 0 aliphatic carbocycles. The fraction of sp³-hybridized carbons (Fsp3) is 0.545. The van der Waals surface area contributed by atoms with Gasteiger partial charge in [-0.2, -0.15) is 0 Å². The number of terminal acetylenes is 2. The summed E-state index contributed by atoms with van der Waals surface area (Å²) in [6.45, 7) is 1.67. The standard InChI is InChI=1S/C11H14O2/c1-4-6-7-8-9-11(12)13-10(3)5-2/h1-2,10H,6-9H2,3H3. The lowest BCUT2D eigenvalue weighted by Crippen LogP contribution is -2.12. The fourth-order valence-electron chi connectivity index (χ4n) is 0.787. The van der Waals surface area contributed by atoms with Crippen LogP contribution in [0.15, 0.2) is 0 Å². The van der Waals surface area contributed by atoms with Gasteiger partial charge in [-0.25, -0.2) is 0 Å². The Balaban J connectivity index is 3.43. The third-order valence-electron chi connectivity index (χ3n) is 1.49. The summed E-state index contributed by atoms with van der Waals surface area (Å²) in [7, 11) is 0. The van der Waals surface area contributed by atoms with Crippen LogP contribution in [0.2, 0.25) is 0 Å². The van der Waals surface area contributed by atoms with Crippen molar-refractivity contribution in [1.29, 1.82) is 0 Å². The maximum absolute atomic E-state index is 11.0. The van der Waals surface area contributed by atoms with Gasteiger partial charge in [-0.1, -0.05) is 5.92 Å². The monoisotopic (exact) mass is 178 g/mol. The number of esters is 1. The Kier molecular flexibility index (Phi) is 6.46. The number of unbranched alkanes of at least 4 members (excludes halogenated alkanes) is 2. The van der Waals surface area contributed by atoms with Crippen molar-refractivity contribution in [3.63, 3.8) is 0 Å². The topological polar surface area (TPSA) is 26.3 Å². The highest BCUT2D eigenvalue weighted by molar-refractivity contribution is 5.69. The molecule has 70 valence electrons. The Morgan fingerprint density at radius 2 is 2.15 bits per heavy atom. The van der Waals surface area contributed by atoms with Crippen LogP contribution in [0.5, 0.6) is 0 Å². The van der Waals surface area contributed by atoms with Gasteiger partial charge in [0.2, 0.25) is 0 Å². The molecule has 0 amide bonds. The van der Waals surface area contributed by atoms with Crippen molar-refractivity contribution in [2.45, 2.75) is 38.7 Å². The Bertz CT molecular complexity index is 229. The second kappa shape index (κ2) is 7.25. The normalized spacial score (nSPS) is 11.0. The molecule has 0 saturated carbocycles. The minimum Gasteiger partial charge on any atom is -0.449 e. The number of carbonyl (C=O) groups excluding carboxylic acids is 1. The van der Waals surface area contributed by atoms with E-state index in [4.69, 9.17) is 17.6 Å². The predicted octanol–water partition coefficient (Wildman–Crippen LogP) is 1.74. The molecular weight excluding hydrogens is 164 g/mol. The zero-order valence-corrected chi connectivity index (χ0v) is 7.88. The first kappa shape index (κ1) is 11.6. The lowest BCUT2D eigenvalue weighted by Gasteiger charge is -2.05. The minimum absolute atomic E-state index is 0.248. The molecule has 0 aliphatic heterocycles. The Morgan fingerprint density at radius 1 is 1.46 bits per heavy atom. The molecular formula is C11H14O2. The van der Waals surface area contributed by atoms with Gasteiger partial charge in [0.15, 0.2) is 6.10 Å². The summed E-state index contributed by atoms with van der Waals surface area (Å²) in [5, 5.41) is 0. The van der Waals surface area contributed by atoms with Crippen LogP contribution in [0.4, 0.5) is 0 Å². The van der Waals surface area contributed by atoms with Gasteiger partial charge in [-0.3, -0.25) is 4.79 Å². The molecule has 2 nitrogen and oxygen atoms in total. The molecule has 0 aliphatic rings. The van der Waals surface area contributed by atoms with Crippen LogP contribution in [0.25, 0.3) is 0 Å². The predicted molar refractivity (Wildman–Crippen MR) is 51.7 cm³/mol. The molecule has 0 spiro atoms. The largest absolute Gasteiger partial charge is 0.449 e. The van der Waals surface area contributed by atoms with Crippen molar-refractivity contribution in [2.24, 2.45) is 0 Å². The van der Waals surface area contributed by atoms with Gasteiger partial charge < -0.3 is 4.74 Å². The summed E-state index contributed by atoms with van der Waals surface area (Å²) in [4.78, 5) is 11.0. The molecule has 0 saturated heterocycles. The number of carbonyl (C=O) groups is 1. The third-order valence-corrected chi connectivity index (χ3v) is 1.49. The van der Waals surface area contributed by atoms with E-state index < -0.39 is 6.10 Å². The molecule has 0 rings (SSSR count). The van der Waals surface area contributed by atoms with Gasteiger partial charge in [-0.15, -0.1) is 18.8 Å². The summed E-state index contributed by atoms with van der Waals surface area (Å²) in [6, 6.07) is 0. The van der Waals surface area contributed by atoms with E-state index in [-0.39, 0.29) is 5.97 Å². The van der Waals surface area contributed by atoms with E-state index in [1.807, 2.05) is 0 Å². The van der Waals surface area contributed by atoms with Crippen molar-refractivity contribution in [2.75, 3.05) is 0 Å². The summed E-state index contributed by atoms with van der Waals surface area (Å²) >= 11 is 0. The summed E-state index contributed by atoms with van der Waals surface area (Å²) in [6.07, 6.45) is 12.4. The molecule has 0 aromatic heterocycles. The first-order chi connectivity index (χ1) is 6.20. The second-order valence-electron chi connectivity index (χ2n) is 2.71. The highest BCUT2D eigenvalue weighted by atomic mass is 16.5. The average Bonchev–Trinajstić information content (AvgIpc) is 2.12. The molecule has 0 aromatic rings. The van der Waals surface area contributed by atoms with Crippen LogP contribution in [0.3, 0.4) is 0 Å². The molecule has 0 heterocycles. The maximum Gasteiger partial charge on any atom is 0.307 e. The van der Waals surface area contributed by atoms with Crippen molar-refractivity contribution < 1.29 is 9.53 Å². The quantitative estimate of drug-likeness (QED) is 0.364. The fourth-order valence-corrected chi connectivity index (χ4v) is 0.787. The Morgan fingerprint density at radius 3 is 2.69 bits per heavy atom. The molecule has 0 N–H and O–H groups in total. The number of hydrogen-bond donors (Lipinski definition) is 0. The molecule has 0 fully saturated rings. The van der Waals surface area contributed by atoms with Gasteiger partial charge in [0.05, 0.1) is 0 Å². The smallest absolute Gasteiger partial charge is 0.307 e. The zero-order valence-electron chi connectivity index (χ0n) is 7.88. The van der Waals surface area contributed by atoms with Gasteiger partial charge in [0.25, 0.3) is 0 Å². The van der Waals surface area contributed by atoms with Crippen molar-refractivity contribution >= 4 is 5.97 Å². The molecule has 0 bridgehead atoms. The van der Waals surface area contributed by atoms with E-state index in [0.717, 1.165) is 12.8 Å². The van der Waals surface area contributed by atoms with Crippen molar-refractivity contribution in [3.8, 4) is 24.7 Å². The maximum atomic E-state index is 11.0. The number of hydrogen-bond acceptors (Lipinski definition) is 2. The summed E-state index contributed by atoms with van der Waals surface area (Å²) in [5.74, 6) is 4.58. The Labute approximate surface area is 79.7 Å². The first-order valence-electron chi connectivity index (χ1n) is 4.29. The molecule has 1 unspecified atom stereocenters. The van der Waals surface area contributed by atoms with E-state index in [1.54, 1.807) is 6.92 Å². The highest BCUT2D eigenvalue weighted by Crippen LogP contribution is 2.01. The van der Waals surface area contributed by atoms with E-state index >= 15 is 0 Å². The molecule has 0 radical (unpaired) electrons. The lowest BCUT2D eigenvalue weighted by molar-refractivity contribution is -0.145. The Hall–Kier alpha value is -1.41. The lowest BCUT2D eigenvalue weighted by atomic mass is 10.2. The first-order valence-corrected chi connectivity index (χ1v) is 4.29. The van der Waals surface area contributed by atoms with Crippen LogP contribution in [0.1, 0.15) is 32.6 Å². The van der Waals surface area contributed by atoms with Crippen LogP contribution in [0, 0.1) is 24.7 Å². The minimum atomic E-state index is -0.430. The van der Waals surface area contributed by atoms with Crippen LogP contribution in [-0.2, 0) is 9.53 Å². The van der Waals surface area contributed by atoms with Crippen molar-refractivity contribution in [1.82, 2.24) is 0 Å².